The van der Waals surface area contributed by atoms with Crippen molar-refractivity contribution in [1.82, 2.24) is 10.4 Å². The average molecular weight is 396 g/mol. The maximum Gasteiger partial charge on any atom is 0.467 e. The minimum atomic E-state index is -0.713. The zero-order valence-electron chi connectivity index (χ0n) is 18.1. The molecule has 2 aliphatic rings. The minimum absolute atomic E-state index is 0.264. The van der Waals surface area contributed by atoms with Crippen LogP contribution in [0.5, 0.6) is 0 Å². The lowest BCUT2D eigenvalue weighted by Gasteiger charge is -2.33. The second kappa shape index (κ2) is 8.33. The van der Waals surface area contributed by atoms with Gasteiger partial charge in [-0.2, -0.15) is 0 Å². The molecule has 1 heterocycles. The zero-order valence-corrected chi connectivity index (χ0v) is 18.1. The molecule has 2 amide bonds. The van der Waals surface area contributed by atoms with Crippen molar-refractivity contribution in [2.24, 2.45) is 0 Å². The van der Waals surface area contributed by atoms with Gasteiger partial charge in [-0.15, -0.1) is 0 Å². The molecule has 2 rings (SSSR count). The summed E-state index contributed by atoms with van der Waals surface area (Å²) in [6.07, 6.45) is 2.43. The monoisotopic (exact) mass is 396 g/mol. The number of rotatable bonds is 4. The Morgan fingerprint density at radius 1 is 1.07 bits per heavy atom. The molecule has 28 heavy (non-hydrogen) atoms. The lowest BCUT2D eigenvalue weighted by molar-refractivity contribution is 0.00578. The van der Waals surface area contributed by atoms with Gasteiger partial charge in [0.05, 0.1) is 29.5 Å². The summed E-state index contributed by atoms with van der Waals surface area (Å²) in [6.45, 7) is 14.9. The summed E-state index contributed by atoms with van der Waals surface area (Å²) < 4.78 is 22.8. The molecular weight excluding hydrogens is 363 g/mol. The van der Waals surface area contributed by atoms with Crippen LogP contribution in [0.25, 0.3) is 0 Å². The van der Waals surface area contributed by atoms with Gasteiger partial charge in [0, 0.05) is 5.82 Å². The van der Waals surface area contributed by atoms with Crippen LogP contribution in [0.1, 0.15) is 61.8 Å². The molecule has 1 unspecified atom stereocenters. The quantitative estimate of drug-likeness (QED) is 0.443. The Labute approximate surface area is 168 Å². The van der Waals surface area contributed by atoms with Crippen LogP contribution in [0.3, 0.4) is 0 Å². The van der Waals surface area contributed by atoms with E-state index in [1.54, 1.807) is 27.7 Å². The number of hydrogen-bond acceptors (Lipinski definition) is 6. The van der Waals surface area contributed by atoms with Gasteiger partial charge in [-0.05, 0) is 61.8 Å². The van der Waals surface area contributed by atoms with E-state index in [-0.39, 0.29) is 18.0 Å². The Balaban J connectivity index is 2.21. The standard InChI is InChI=1S/C19H33BN2O6/c1-12(2)25-16(23)21-22(17(24)26-13(3)4)15-11-9-10-14(15)20-27-18(5,6)19(7,8)28-20/h9-10,12-15H,11H2,1-8H3,(H,21,23)/t14-,15?/m0/s1. The van der Waals surface area contributed by atoms with E-state index in [1.165, 1.54) is 5.01 Å². The Morgan fingerprint density at radius 3 is 2.11 bits per heavy atom. The lowest BCUT2D eigenvalue weighted by Crippen LogP contribution is -2.55. The van der Waals surface area contributed by atoms with Crippen molar-refractivity contribution in [1.29, 1.82) is 0 Å². The van der Waals surface area contributed by atoms with Crippen molar-refractivity contribution >= 4 is 19.3 Å². The highest BCUT2D eigenvalue weighted by atomic mass is 16.7. The molecule has 0 bridgehead atoms. The van der Waals surface area contributed by atoms with E-state index >= 15 is 0 Å². The van der Waals surface area contributed by atoms with Crippen molar-refractivity contribution in [2.45, 2.75) is 97.1 Å². The lowest BCUT2D eigenvalue weighted by atomic mass is 9.69. The summed E-state index contributed by atoms with van der Waals surface area (Å²) >= 11 is 0. The summed E-state index contributed by atoms with van der Waals surface area (Å²) in [7, 11) is -0.550. The van der Waals surface area contributed by atoms with Crippen LogP contribution in [0.2, 0.25) is 5.82 Å². The molecule has 0 aromatic heterocycles. The molecule has 0 aromatic carbocycles. The molecular formula is C19H33BN2O6. The van der Waals surface area contributed by atoms with E-state index in [9.17, 15) is 9.59 Å². The van der Waals surface area contributed by atoms with E-state index in [0.29, 0.717) is 6.42 Å². The topological polar surface area (TPSA) is 86.3 Å². The number of hydrazine groups is 1. The second-order valence-corrected chi connectivity index (χ2v) is 8.80. The maximum absolute atomic E-state index is 12.7. The van der Waals surface area contributed by atoms with E-state index in [0.717, 1.165) is 0 Å². The number of hydrogen-bond donors (Lipinski definition) is 1. The van der Waals surface area contributed by atoms with Crippen molar-refractivity contribution in [3.63, 3.8) is 0 Å². The molecule has 1 N–H and O–H groups in total. The van der Waals surface area contributed by atoms with Gasteiger partial charge in [-0.3, -0.25) is 0 Å². The van der Waals surface area contributed by atoms with Crippen LogP contribution in [0.4, 0.5) is 9.59 Å². The molecule has 2 atom stereocenters. The highest BCUT2D eigenvalue weighted by Crippen LogP contribution is 2.43. The average Bonchev–Trinajstić information content (AvgIpc) is 3.06. The molecule has 1 aliphatic carbocycles. The fraction of sp³-hybridized carbons (Fsp3) is 0.789. The number of carbonyl (C=O) groups is 2. The van der Waals surface area contributed by atoms with Crippen LogP contribution in [-0.2, 0) is 18.8 Å². The van der Waals surface area contributed by atoms with Crippen LogP contribution in [-0.4, -0.2) is 53.8 Å². The van der Waals surface area contributed by atoms with Gasteiger partial charge >= 0.3 is 19.3 Å². The first-order valence-electron chi connectivity index (χ1n) is 9.83. The molecule has 1 fully saturated rings. The number of nitrogens with one attached hydrogen (secondary N) is 1. The van der Waals surface area contributed by atoms with E-state index in [1.807, 2.05) is 39.8 Å². The Morgan fingerprint density at radius 2 is 1.61 bits per heavy atom. The van der Waals surface area contributed by atoms with Gasteiger partial charge in [0.25, 0.3) is 0 Å². The predicted octanol–water partition coefficient (Wildman–Crippen LogP) is 3.67. The minimum Gasteiger partial charge on any atom is -0.446 e. The fourth-order valence-electron chi connectivity index (χ4n) is 3.12. The summed E-state index contributed by atoms with van der Waals surface area (Å²) in [5.74, 6) is -0.264. The van der Waals surface area contributed by atoms with Crippen molar-refractivity contribution in [3.8, 4) is 0 Å². The van der Waals surface area contributed by atoms with Crippen molar-refractivity contribution < 1.29 is 28.4 Å². The largest absolute Gasteiger partial charge is 0.467 e. The van der Waals surface area contributed by atoms with E-state index in [2.05, 4.69) is 5.43 Å². The Kier molecular flexibility index (Phi) is 6.71. The first kappa shape index (κ1) is 22.6. The Hall–Kier alpha value is -1.74. The number of amides is 2. The third-order valence-electron chi connectivity index (χ3n) is 5.19. The van der Waals surface area contributed by atoms with E-state index < -0.39 is 36.5 Å². The van der Waals surface area contributed by atoms with Crippen LogP contribution < -0.4 is 5.43 Å². The molecule has 8 nitrogen and oxygen atoms in total. The van der Waals surface area contributed by atoms with Crippen LogP contribution >= 0.6 is 0 Å². The van der Waals surface area contributed by atoms with Gasteiger partial charge in [-0.1, -0.05) is 12.2 Å². The van der Waals surface area contributed by atoms with Gasteiger partial charge in [0.1, 0.15) is 0 Å². The van der Waals surface area contributed by atoms with Gasteiger partial charge in [-0.25, -0.2) is 20.0 Å². The van der Waals surface area contributed by atoms with Crippen LogP contribution in [0.15, 0.2) is 12.2 Å². The molecule has 9 heteroatoms. The summed E-state index contributed by atoms with van der Waals surface area (Å²) in [6, 6.07) is -0.416. The third kappa shape index (κ3) is 5.00. The molecule has 1 aliphatic heterocycles. The third-order valence-corrected chi connectivity index (χ3v) is 5.19. The predicted molar refractivity (Wildman–Crippen MR) is 106 cm³/mol. The molecule has 0 aromatic rings. The molecule has 0 spiro atoms. The van der Waals surface area contributed by atoms with Crippen molar-refractivity contribution in [3.05, 3.63) is 12.2 Å². The van der Waals surface area contributed by atoms with Crippen LogP contribution in [0, 0.1) is 0 Å². The van der Waals surface area contributed by atoms with Gasteiger partial charge < -0.3 is 18.8 Å². The summed E-state index contributed by atoms with van der Waals surface area (Å²) in [5.41, 5.74) is 1.55. The zero-order chi connectivity index (χ0) is 21.3. The molecule has 0 saturated carbocycles. The summed E-state index contributed by atoms with van der Waals surface area (Å²) in [5, 5.41) is 1.19. The first-order chi connectivity index (χ1) is 12.8. The van der Waals surface area contributed by atoms with Gasteiger partial charge in [0.15, 0.2) is 0 Å². The smallest absolute Gasteiger partial charge is 0.446 e. The molecule has 0 radical (unpaired) electrons. The fourth-order valence-corrected chi connectivity index (χ4v) is 3.12. The summed E-state index contributed by atoms with van der Waals surface area (Å²) in [4.78, 5) is 24.9. The maximum atomic E-state index is 12.7. The second-order valence-electron chi connectivity index (χ2n) is 8.80. The SMILES string of the molecule is CC(C)OC(=O)NN(C(=O)OC(C)C)C1CC=C[C@@H]1B1OC(C)(C)C(C)(C)O1. The highest BCUT2D eigenvalue weighted by molar-refractivity contribution is 6.48. The van der Waals surface area contributed by atoms with Crippen molar-refractivity contribution in [2.75, 3.05) is 0 Å². The van der Waals surface area contributed by atoms with E-state index in [4.69, 9.17) is 18.8 Å². The number of carbonyl (C=O) groups excluding carboxylic acids is 2. The number of ether oxygens (including phenoxy) is 2. The van der Waals surface area contributed by atoms with Gasteiger partial charge in [0.2, 0.25) is 0 Å². The molecule has 1 saturated heterocycles. The normalized spacial score (nSPS) is 25.3. The molecule has 158 valence electrons. The Bertz CT molecular complexity index is 604. The highest BCUT2D eigenvalue weighted by Gasteiger charge is 2.56. The number of nitrogens with zero attached hydrogens (tertiary/aromatic N) is 1. The first-order valence-corrected chi connectivity index (χ1v) is 9.83.